The number of esters is 2. The lowest BCUT2D eigenvalue weighted by molar-refractivity contribution is -0.177. The average Bonchev–Trinajstić information content (AvgIpc) is 4.09. The van der Waals surface area contributed by atoms with Crippen LogP contribution >= 0.6 is 0 Å². The molecule has 0 bridgehead atoms. The molecule has 282 valence electrons. The minimum Gasteiger partial charge on any atom is -0.458 e. The predicted octanol–water partition coefficient (Wildman–Crippen LogP) is 8.53. The first-order valence-corrected chi connectivity index (χ1v) is 22.1. The number of allylic oxidation sites excluding steroid dienone is 5. The van der Waals surface area contributed by atoms with Crippen molar-refractivity contribution in [3.8, 4) is 0 Å². The Kier molecular flexibility index (Phi) is 6.58. The maximum atomic E-state index is 12.2. The van der Waals surface area contributed by atoms with Gasteiger partial charge in [-0.05, 0) is 172 Å². The van der Waals surface area contributed by atoms with Gasteiger partial charge in [0.2, 0.25) is 0 Å². The monoisotopic (exact) mass is 718 g/mol. The van der Waals surface area contributed by atoms with Gasteiger partial charge in [-0.1, -0.05) is 31.6 Å². The van der Waals surface area contributed by atoms with Crippen LogP contribution in [0.4, 0.5) is 0 Å². The first-order chi connectivity index (χ1) is 25.6. The van der Waals surface area contributed by atoms with E-state index < -0.39 is 0 Å². The van der Waals surface area contributed by atoms with Crippen LogP contribution < -0.4 is 0 Å². The second-order valence-electron chi connectivity index (χ2n) is 21.3. The average molecular weight is 719 g/mol. The summed E-state index contributed by atoms with van der Waals surface area (Å²) in [5.41, 5.74) is 2.88. The smallest absolute Gasteiger partial charge is 0.306 e. The Hall–Kier alpha value is -2.50. The third-order valence-corrected chi connectivity index (χ3v) is 19.7. The van der Waals surface area contributed by atoms with E-state index in [4.69, 9.17) is 9.47 Å². The first-order valence-electron chi connectivity index (χ1n) is 22.1. The molecule has 2 spiro atoms. The lowest BCUT2D eigenvalue weighted by Crippen LogP contribution is -2.57. The number of ether oxygens (including phenoxy) is 2. The molecule has 13 unspecified atom stereocenters. The van der Waals surface area contributed by atoms with Crippen molar-refractivity contribution in [2.24, 2.45) is 93.7 Å². The Morgan fingerprint density at radius 2 is 1.21 bits per heavy atom. The van der Waals surface area contributed by atoms with Gasteiger partial charge in [-0.25, -0.2) is 0 Å². The summed E-state index contributed by atoms with van der Waals surface area (Å²) in [6.45, 7) is 4.95. The molecule has 11 aliphatic carbocycles. The van der Waals surface area contributed by atoms with Crippen molar-refractivity contribution in [2.45, 2.75) is 134 Å². The highest BCUT2D eigenvalue weighted by Crippen LogP contribution is 2.80. The minimum absolute atomic E-state index is 0.0323. The molecular formula is C47H58O6. The van der Waals surface area contributed by atoms with Crippen LogP contribution in [-0.4, -0.2) is 34.7 Å². The number of hydrogen-bond donors (Lipinski definition) is 0. The molecule has 13 aliphatic rings. The maximum absolute atomic E-state index is 12.2. The van der Waals surface area contributed by atoms with Crippen molar-refractivity contribution in [3.05, 3.63) is 35.5 Å². The third-order valence-electron chi connectivity index (χ3n) is 19.7. The van der Waals surface area contributed by atoms with Gasteiger partial charge in [0, 0.05) is 48.3 Å². The van der Waals surface area contributed by atoms with Gasteiger partial charge in [-0.2, -0.15) is 0 Å². The molecule has 0 radical (unpaired) electrons. The predicted molar refractivity (Wildman–Crippen MR) is 197 cm³/mol. The van der Waals surface area contributed by atoms with Crippen LogP contribution in [0.2, 0.25) is 0 Å². The van der Waals surface area contributed by atoms with Crippen LogP contribution in [0.15, 0.2) is 35.5 Å². The summed E-state index contributed by atoms with van der Waals surface area (Å²) in [6, 6.07) is 0. The lowest BCUT2D eigenvalue weighted by Gasteiger charge is -2.59. The van der Waals surface area contributed by atoms with Crippen LogP contribution in [-0.2, 0) is 28.7 Å². The van der Waals surface area contributed by atoms with Crippen molar-refractivity contribution in [3.63, 3.8) is 0 Å². The van der Waals surface area contributed by atoms with Crippen molar-refractivity contribution in [2.75, 3.05) is 0 Å². The SMILES string of the molecule is C[C@]12CCC3C4CCC(=O)C=C4C=CC3C1C1CC1[C@@]21CCC(=O)O1.C[C@]12CCC3C4CCC(=O)C=C4CC(C4CC4)C3C1C1CC1[C@@]21CCC(=O)O1. The fourth-order valence-corrected chi connectivity index (χ4v) is 17.6. The number of hydrogen-bond acceptors (Lipinski definition) is 6. The molecule has 2 saturated heterocycles. The number of ketones is 2. The Morgan fingerprint density at radius 3 is 1.85 bits per heavy atom. The standard InChI is InChI=1S/C25H32O3.C22H26O3/c1-24-8-6-17-16-5-4-15(26)10-14(16)11-18(13-2-3-13)22(17)23(24)19-12-20(19)25(24)9-7-21(27)28-25;1-21-8-6-15-14-5-3-13(23)10-12(14)2-4-16(15)20(21)17-11-18(17)22(21)9-7-19(24)25-22/h10,13,16-20,22-23H,2-9,11-12H2,1H3;2,4,10,14-18,20H,3,5-9,11H2,1H3/t16?,17?,18?,19?,20?,22?,23?,24-,25-;14?,15?,16?,17?,18?,20?,21-,22-/m00/s1. The zero-order chi connectivity index (χ0) is 35.8. The summed E-state index contributed by atoms with van der Waals surface area (Å²) in [5, 5.41) is 0. The summed E-state index contributed by atoms with van der Waals surface area (Å²) in [7, 11) is 0. The summed E-state index contributed by atoms with van der Waals surface area (Å²) in [4.78, 5) is 48.2. The van der Waals surface area contributed by atoms with Gasteiger partial charge < -0.3 is 9.47 Å². The highest BCUT2D eigenvalue weighted by atomic mass is 16.6. The van der Waals surface area contributed by atoms with Gasteiger partial charge in [0.15, 0.2) is 11.6 Å². The zero-order valence-electron chi connectivity index (χ0n) is 31.9. The first kappa shape index (κ1) is 32.7. The Labute approximate surface area is 314 Å². The second kappa shape index (κ2) is 10.7. The van der Waals surface area contributed by atoms with Crippen molar-refractivity contribution < 1.29 is 28.7 Å². The molecule has 2 heterocycles. The van der Waals surface area contributed by atoms with Gasteiger partial charge in [-0.15, -0.1) is 0 Å². The van der Waals surface area contributed by atoms with Crippen LogP contribution in [0.5, 0.6) is 0 Å². The van der Waals surface area contributed by atoms with Gasteiger partial charge in [0.05, 0.1) is 0 Å². The van der Waals surface area contributed by atoms with E-state index in [1.165, 1.54) is 68.9 Å². The zero-order valence-corrected chi connectivity index (χ0v) is 31.9. The summed E-state index contributed by atoms with van der Waals surface area (Å²) in [6.07, 6.45) is 26.9. The second-order valence-corrected chi connectivity index (χ2v) is 21.3. The Balaban J connectivity index is 0.000000120. The molecule has 6 nitrogen and oxygen atoms in total. The third kappa shape index (κ3) is 4.18. The van der Waals surface area contributed by atoms with E-state index in [1.807, 2.05) is 6.08 Å². The molecule has 2 aliphatic heterocycles. The van der Waals surface area contributed by atoms with Crippen molar-refractivity contribution in [1.29, 1.82) is 0 Å². The quantitative estimate of drug-likeness (QED) is 0.253. The fraction of sp³-hybridized carbons (Fsp3) is 0.787. The molecule has 0 aromatic heterocycles. The van der Waals surface area contributed by atoms with Gasteiger partial charge in [-0.3, -0.25) is 19.2 Å². The number of carbonyl (C=O) groups excluding carboxylic acids is 4. The summed E-state index contributed by atoms with van der Waals surface area (Å²) in [5.74, 6) is 10.9. The Bertz CT molecular complexity index is 1820. The van der Waals surface area contributed by atoms with E-state index in [2.05, 4.69) is 32.1 Å². The highest BCUT2D eigenvalue weighted by Gasteiger charge is 2.80. The van der Waals surface area contributed by atoms with Crippen LogP contribution in [0.1, 0.15) is 123 Å². The molecule has 8 saturated carbocycles. The molecular weight excluding hydrogens is 661 g/mol. The summed E-state index contributed by atoms with van der Waals surface area (Å²) < 4.78 is 12.4. The topological polar surface area (TPSA) is 86.7 Å². The number of carbonyl (C=O) groups is 4. The molecule has 10 fully saturated rings. The Morgan fingerprint density at radius 1 is 0.604 bits per heavy atom. The molecule has 13 rings (SSSR count). The van der Waals surface area contributed by atoms with Crippen LogP contribution in [0, 0.1) is 93.7 Å². The van der Waals surface area contributed by atoms with E-state index >= 15 is 0 Å². The van der Waals surface area contributed by atoms with Gasteiger partial charge in [0.25, 0.3) is 0 Å². The van der Waals surface area contributed by atoms with Crippen molar-refractivity contribution >= 4 is 23.5 Å². The van der Waals surface area contributed by atoms with E-state index in [0.717, 1.165) is 80.0 Å². The van der Waals surface area contributed by atoms with Crippen molar-refractivity contribution in [1.82, 2.24) is 0 Å². The van der Waals surface area contributed by atoms with Gasteiger partial charge in [0.1, 0.15) is 11.2 Å². The molecule has 6 heteroatoms. The maximum Gasteiger partial charge on any atom is 0.306 e. The van der Waals surface area contributed by atoms with E-state index in [-0.39, 0.29) is 34.0 Å². The number of fused-ring (bicyclic) bond motifs is 18. The molecule has 0 aromatic carbocycles. The normalized spacial score (nSPS) is 55.8. The highest BCUT2D eigenvalue weighted by molar-refractivity contribution is 5.92. The molecule has 0 N–H and O–H groups in total. The number of rotatable bonds is 1. The van der Waals surface area contributed by atoms with Crippen LogP contribution in [0.3, 0.4) is 0 Å². The van der Waals surface area contributed by atoms with E-state index in [0.29, 0.717) is 65.8 Å². The van der Waals surface area contributed by atoms with Crippen LogP contribution in [0.25, 0.3) is 0 Å². The molecule has 17 atom stereocenters. The largest absolute Gasteiger partial charge is 0.458 e. The lowest BCUT2D eigenvalue weighted by atomic mass is 9.46. The minimum atomic E-state index is -0.156. The molecule has 53 heavy (non-hydrogen) atoms. The van der Waals surface area contributed by atoms with Gasteiger partial charge >= 0.3 is 11.9 Å². The van der Waals surface area contributed by atoms with E-state index in [1.54, 1.807) is 0 Å². The van der Waals surface area contributed by atoms with E-state index in [9.17, 15) is 19.2 Å². The fourth-order valence-electron chi connectivity index (χ4n) is 17.6. The summed E-state index contributed by atoms with van der Waals surface area (Å²) >= 11 is 0. The molecule has 0 aromatic rings. The molecule has 0 amide bonds.